The minimum Gasteiger partial charge on any atom is -0.314 e. The summed E-state index contributed by atoms with van der Waals surface area (Å²) in [6, 6.07) is 1.75. The Morgan fingerprint density at radius 3 is 2.43 bits per heavy atom. The number of nitrogens with zero attached hydrogens (tertiary/aromatic N) is 1. The van der Waals surface area contributed by atoms with Crippen molar-refractivity contribution in [3.63, 3.8) is 0 Å². The summed E-state index contributed by atoms with van der Waals surface area (Å²) in [6.45, 7) is 8.47. The molecule has 0 bridgehead atoms. The molecular formula is C12H24N2. The van der Waals surface area contributed by atoms with Crippen LogP contribution in [-0.2, 0) is 0 Å². The standard InChI is InChI=1S/C12H24N2/c1-3-6-14(12-8-13-9-12)11-5-4-10(2)7-11/h10-13H,3-9H2,1-2H3. The molecule has 2 atom stereocenters. The summed E-state index contributed by atoms with van der Waals surface area (Å²) in [5.41, 5.74) is 0. The monoisotopic (exact) mass is 196 g/mol. The highest BCUT2D eigenvalue weighted by molar-refractivity contribution is 4.91. The van der Waals surface area contributed by atoms with Crippen molar-refractivity contribution >= 4 is 0 Å². The molecule has 2 fully saturated rings. The Labute approximate surface area is 88.1 Å². The number of hydrogen-bond acceptors (Lipinski definition) is 2. The minimum atomic E-state index is 0.852. The molecule has 0 amide bonds. The van der Waals surface area contributed by atoms with Crippen LogP contribution in [-0.4, -0.2) is 36.6 Å². The lowest BCUT2D eigenvalue weighted by atomic mass is 10.0. The topological polar surface area (TPSA) is 15.3 Å². The molecule has 0 radical (unpaired) electrons. The second-order valence-corrected chi connectivity index (χ2v) is 5.12. The van der Waals surface area contributed by atoms with E-state index in [0.717, 1.165) is 18.0 Å². The average molecular weight is 196 g/mol. The molecule has 0 aromatic carbocycles. The molecule has 1 saturated heterocycles. The van der Waals surface area contributed by atoms with E-state index < -0.39 is 0 Å². The molecule has 1 heterocycles. The SMILES string of the molecule is CCCN(C1CNC1)C1CCC(C)C1. The van der Waals surface area contributed by atoms with E-state index in [1.165, 1.54) is 45.3 Å². The first-order valence-electron chi connectivity index (χ1n) is 6.27. The molecule has 0 spiro atoms. The van der Waals surface area contributed by atoms with Gasteiger partial charge in [0.15, 0.2) is 0 Å². The van der Waals surface area contributed by atoms with Crippen molar-refractivity contribution in [1.82, 2.24) is 10.2 Å². The molecule has 1 saturated carbocycles. The Bertz CT molecular complexity index is 177. The summed E-state index contributed by atoms with van der Waals surface area (Å²) in [5, 5.41) is 3.39. The lowest BCUT2D eigenvalue weighted by Crippen LogP contribution is -2.59. The number of hydrogen-bond donors (Lipinski definition) is 1. The molecular weight excluding hydrogens is 172 g/mol. The first-order valence-corrected chi connectivity index (χ1v) is 6.27. The predicted octanol–water partition coefficient (Wildman–Crippen LogP) is 1.86. The molecule has 2 aliphatic rings. The second-order valence-electron chi connectivity index (χ2n) is 5.12. The second kappa shape index (κ2) is 4.63. The van der Waals surface area contributed by atoms with Gasteiger partial charge in [-0.05, 0) is 38.1 Å². The van der Waals surface area contributed by atoms with Crippen molar-refractivity contribution < 1.29 is 0 Å². The first kappa shape index (κ1) is 10.4. The van der Waals surface area contributed by atoms with Gasteiger partial charge in [0.05, 0.1) is 0 Å². The summed E-state index contributed by atoms with van der Waals surface area (Å²) in [7, 11) is 0. The Morgan fingerprint density at radius 1 is 1.21 bits per heavy atom. The van der Waals surface area contributed by atoms with Gasteiger partial charge in [0.25, 0.3) is 0 Å². The van der Waals surface area contributed by atoms with Crippen LogP contribution in [0.3, 0.4) is 0 Å². The van der Waals surface area contributed by atoms with Crippen LogP contribution in [0.25, 0.3) is 0 Å². The highest BCUT2D eigenvalue weighted by Gasteiger charge is 2.33. The van der Waals surface area contributed by atoms with Crippen molar-refractivity contribution in [2.45, 2.75) is 51.6 Å². The molecule has 0 aromatic heterocycles. The van der Waals surface area contributed by atoms with Crippen molar-refractivity contribution in [3.8, 4) is 0 Å². The van der Waals surface area contributed by atoms with Crippen LogP contribution in [0, 0.1) is 5.92 Å². The van der Waals surface area contributed by atoms with Gasteiger partial charge in [-0.3, -0.25) is 4.90 Å². The van der Waals surface area contributed by atoms with E-state index in [0.29, 0.717) is 0 Å². The Balaban J connectivity index is 1.88. The smallest absolute Gasteiger partial charge is 0.0348 e. The summed E-state index contributed by atoms with van der Waals surface area (Å²) in [5.74, 6) is 0.965. The van der Waals surface area contributed by atoms with E-state index in [4.69, 9.17) is 0 Å². The predicted molar refractivity (Wildman–Crippen MR) is 60.5 cm³/mol. The zero-order valence-electron chi connectivity index (χ0n) is 9.63. The quantitative estimate of drug-likeness (QED) is 0.738. The molecule has 82 valence electrons. The summed E-state index contributed by atoms with van der Waals surface area (Å²) in [6.07, 6.45) is 5.64. The normalized spacial score (nSPS) is 33.6. The van der Waals surface area contributed by atoms with Gasteiger partial charge in [-0.1, -0.05) is 13.8 Å². The fraction of sp³-hybridized carbons (Fsp3) is 1.00. The third-order valence-corrected chi connectivity index (χ3v) is 3.85. The van der Waals surface area contributed by atoms with Crippen molar-refractivity contribution in [3.05, 3.63) is 0 Å². The zero-order valence-corrected chi connectivity index (χ0v) is 9.63. The number of nitrogens with one attached hydrogen (secondary N) is 1. The van der Waals surface area contributed by atoms with E-state index in [2.05, 4.69) is 24.1 Å². The van der Waals surface area contributed by atoms with Crippen LogP contribution in [0.4, 0.5) is 0 Å². The number of rotatable bonds is 4. The van der Waals surface area contributed by atoms with Crippen LogP contribution in [0.5, 0.6) is 0 Å². The Kier molecular flexibility index (Phi) is 3.45. The summed E-state index contributed by atoms with van der Waals surface area (Å²) < 4.78 is 0. The maximum Gasteiger partial charge on any atom is 0.0348 e. The molecule has 0 aromatic rings. The first-order chi connectivity index (χ1) is 6.81. The maximum atomic E-state index is 3.39. The lowest BCUT2D eigenvalue weighted by molar-refractivity contribution is 0.0952. The van der Waals surface area contributed by atoms with Gasteiger partial charge in [-0.15, -0.1) is 0 Å². The van der Waals surface area contributed by atoms with Gasteiger partial charge in [0.1, 0.15) is 0 Å². The maximum absolute atomic E-state index is 3.39. The van der Waals surface area contributed by atoms with E-state index >= 15 is 0 Å². The van der Waals surface area contributed by atoms with Crippen LogP contribution < -0.4 is 5.32 Å². The fourth-order valence-electron chi connectivity index (χ4n) is 2.91. The van der Waals surface area contributed by atoms with E-state index in [1.807, 2.05) is 0 Å². The zero-order chi connectivity index (χ0) is 9.97. The van der Waals surface area contributed by atoms with Crippen molar-refractivity contribution in [2.24, 2.45) is 5.92 Å². The van der Waals surface area contributed by atoms with Gasteiger partial charge in [0.2, 0.25) is 0 Å². The van der Waals surface area contributed by atoms with E-state index in [9.17, 15) is 0 Å². The van der Waals surface area contributed by atoms with Gasteiger partial charge in [0, 0.05) is 25.2 Å². The van der Waals surface area contributed by atoms with Crippen LogP contribution in [0.15, 0.2) is 0 Å². The van der Waals surface area contributed by atoms with Gasteiger partial charge in [-0.2, -0.15) is 0 Å². The van der Waals surface area contributed by atoms with E-state index in [-0.39, 0.29) is 0 Å². The Hall–Kier alpha value is -0.0800. The molecule has 2 unspecified atom stereocenters. The third-order valence-electron chi connectivity index (χ3n) is 3.85. The third kappa shape index (κ3) is 2.12. The molecule has 1 aliphatic heterocycles. The van der Waals surface area contributed by atoms with Crippen molar-refractivity contribution in [1.29, 1.82) is 0 Å². The molecule has 2 heteroatoms. The van der Waals surface area contributed by atoms with Gasteiger partial charge in [-0.25, -0.2) is 0 Å². The lowest BCUT2D eigenvalue weighted by Gasteiger charge is -2.42. The fourth-order valence-corrected chi connectivity index (χ4v) is 2.91. The van der Waals surface area contributed by atoms with E-state index in [1.54, 1.807) is 0 Å². The average Bonchev–Trinajstić information content (AvgIpc) is 2.48. The summed E-state index contributed by atoms with van der Waals surface area (Å²) >= 11 is 0. The van der Waals surface area contributed by atoms with Gasteiger partial charge >= 0.3 is 0 Å². The highest BCUT2D eigenvalue weighted by atomic mass is 15.3. The Morgan fingerprint density at radius 2 is 2.00 bits per heavy atom. The van der Waals surface area contributed by atoms with Crippen LogP contribution in [0.2, 0.25) is 0 Å². The molecule has 1 aliphatic carbocycles. The minimum absolute atomic E-state index is 0.852. The largest absolute Gasteiger partial charge is 0.314 e. The molecule has 2 rings (SSSR count). The molecule has 14 heavy (non-hydrogen) atoms. The van der Waals surface area contributed by atoms with Crippen LogP contribution >= 0.6 is 0 Å². The molecule has 2 nitrogen and oxygen atoms in total. The highest BCUT2D eigenvalue weighted by Crippen LogP contribution is 2.30. The van der Waals surface area contributed by atoms with Crippen LogP contribution in [0.1, 0.15) is 39.5 Å². The molecule has 1 N–H and O–H groups in total. The van der Waals surface area contributed by atoms with Gasteiger partial charge < -0.3 is 5.32 Å². The summed E-state index contributed by atoms with van der Waals surface area (Å²) in [4.78, 5) is 2.78. The van der Waals surface area contributed by atoms with Crippen molar-refractivity contribution in [2.75, 3.05) is 19.6 Å².